The van der Waals surface area contributed by atoms with E-state index in [4.69, 9.17) is 0 Å². The number of rotatable bonds is 1. The van der Waals surface area contributed by atoms with Gasteiger partial charge in [0.2, 0.25) is 0 Å². The van der Waals surface area contributed by atoms with E-state index in [9.17, 15) is 4.79 Å². The molecular formula is C17H34Cl2N4O. The smallest absolute Gasteiger partial charge is 0.317 e. The molecule has 0 aromatic heterocycles. The van der Waals surface area contributed by atoms with Gasteiger partial charge in [-0.2, -0.15) is 0 Å². The summed E-state index contributed by atoms with van der Waals surface area (Å²) < 4.78 is 0. The third-order valence-electron chi connectivity index (χ3n) is 5.97. The second-order valence-electron chi connectivity index (χ2n) is 7.46. The van der Waals surface area contributed by atoms with E-state index in [2.05, 4.69) is 27.5 Å². The molecule has 3 rings (SSSR count). The van der Waals surface area contributed by atoms with Crippen LogP contribution in [-0.4, -0.2) is 67.2 Å². The van der Waals surface area contributed by atoms with Crippen LogP contribution in [0, 0.1) is 0 Å². The van der Waals surface area contributed by atoms with Crippen molar-refractivity contribution >= 4 is 30.8 Å². The molecule has 1 aliphatic carbocycles. The topological polar surface area (TPSA) is 47.6 Å². The summed E-state index contributed by atoms with van der Waals surface area (Å²) in [6.45, 7) is 5.04. The zero-order valence-electron chi connectivity index (χ0n) is 14.9. The number of amides is 2. The van der Waals surface area contributed by atoms with Gasteiger partial charge in [-0.05, 0) is 52.2 Å². The molecule has 0 radical (unpaired) electrons. The Morgan fingerprint density at radius 3 is 2.38 bits per heavy atom. The number of likely N-dealkylation sites (N-methyl/N-ethyl adjacent to an activating group) is 1. The fourth-order valence-corrected chi connectivity index (χ4v) is 4.41. The third-order valence-corrected chi connectivity index (χ3v) is 5.97. The van der Waals surface area contributed by atoms with Crippen molar-refractivity contribution in [2.75, 3.05) is 39.8 Å². The van der Waals surface area contributed by atoms with Gasteiger partial charge in [0, 0.05) is 31.2 Å². The SMILES string of the molecule is CN1CCCN(C(=O)NC2CCCCC2)CC12CCNCC2.Cl.Cl. The van der Waals surface area contributed by atoms with Crippen LogP contribution in [0.1, 0.15) is 51.4 Å². The molecule has 24 heavy (non-hydrogen) atoms. The summed E-state index contributed by atoms with van der Waals surface area (Å²) in [6.07, 6.45) is 9.57. The minimum Gasteiger partial charge on any atom is -0.335 e. The molecule has 5 nitrogen and oxygen atoms in total. The van der Waals surface area contributed by atoms with E-state index in [1.54, 1.807) is 0 Å². The van der Waals surface area contributed by atoms with E-state index in [1.165, 1.54) is 19.3 Å². The highest BCUT2D eigenvalue weighted by Gasteiger charge is 2.40. The molecule has 1 spiro atoms. The van der Waals surface area contributed by atoms with Gasteiger partial charge >= 0.3 is 6.03 Å². The highest BCUT2D eigenvalue weighted by molar-refractivity contribution is 5.85. The summed E-state index contributed by atoms with van der Waals surface area (Å²) in [5, 5.41) is 6.77. The Bertz CT molecular complexity index is 385. The van der Waals surface area contributed by atoms with Gasteiger partial charge in [0.05, 0.1) is 0 Å². The molecule has 0 bridgehead atoms. The van der Waals surface area contributed by atoms with Crippen LogP contribution in [-0.2, 0) is 0 Å². The van der Waals surface area contributed by atoms with E-state index in [-0.39, 0.29) is 36.4 Å². The second-order valence-corrected chi connectivity index (χ2v) is 7.46. The number of urea groups is 1. The molecule has 3 aliphatic rings. The highest BCUT2D eigenvalue weighted by atomic mass is 35.5. The number of carbonyl (C=O) groups excluding carboxylic acids is 1. The van der Waals surface area contributed by atoms with Gasteiger partial charge < -0.3 is 15.5 Å². The average molecular weight is 381 g/mol. The summed E-state index contributed by atoms with van der Waals surface area (Å²) in [5.74, 6) is 0. The third kappa shape index (κ3) is 5.13. The number of nitrogens with one attached hydrogen (secondary N) is 2. The van der Waals surface area contributed by atoms with E-state index in [0.717, 1.165) is 64.8 Å². The van der Waals surface area contributed by atoms with Crippen molar-refractivity contribution in [3.05, 3.63) is 0 Å². The molecule has 2 N–H and O–H groups in total. The lowest BCUT2D eigenvalue weighted by Gasteiger charge is -2.45. The lowest BCUT2D eigenvalue weighted by molar-refractivity contribution is 0.0720. The normalized spacial score (nSPS) is 25.3. The Labute approximate surface area is 159 Å². The molecule has 2 amide bonds. The zero-order valence-corrected chi connectivity index (χ0v) is 16.5. The van der Waals surface area contributed by atoms with Crippen LogP contribution in [0.25, 0.3) is 0 Å². The quantitative estimate of drug-likeness (QED) is 0.734. The van der Waals surface area contributed by atoms with Crippen LogP contribution in [0.15, 0.2) is 0 Å². The first kappa shape index (κ1) is 21.8. The number of carbonyl (C=O) groups is 1. The van der Waals surface area contributed by atoms with Gasteiger partial charge in [-0.1, -0.05) is 19.3 Å². The van der Waals surface area contributed by atoms with Crippen molar-refractivity contribution in [1.82, 2.24) is 20.4 Å². The van der Waals surface area contributed by atoms with Crippen LogP contribution in [0.4, 0.5) is 4.79 Å². The molecule has 7 heteroatoms. The van der Waals surface area contributed by atoms with E-state index < -0.39 is 0 Å². The van der Waals surface area contributed by atoms with Crippen LogP contribution >= 0.6 is 24.8 Å². The van der Waals surface area contributed by atoms with Crippen molar-refractivity contribution in [2.45, 2.75) is 62.9 Å². The summed E-state index contributed by atoms with van der Waals surface area (Å²) in [6, 6.07) is 0.589. The van der Waals surface area contributed by atoms with Gasteiger partial charge in [0.1, 0.15) is 0 Å². The van der Waals surface area contributed by atoms with E-state index in [1.807, 2.05) is 0 Å². The minimum absolute atomic E-state index is 0. The van der Waals surface area contributed by atoms with Gasteiger partial charge in [-0.25, -0.2) is 4.79 Å². The molecular weight excluding hydrogens is 347 g/mol. The summed E-state index contributed by atoms with van der Waals surface area (Å²) in [5.41, 5.74) is 0.186. The number of halogens is 2. The van der Waals surface area contributed by atoms with Gasteiger partial charge in [-0.15, -0.1) is 24.8 Å². The first-order valence-electron chi connectivity index (χ1n) is 9.17. The first-order chi connectivity index (χ1) is 10.7. The molecule has 1 saturated carbocycles. The summed E-state index contributed by atoms with van der Waals surface area (Å²) in [4.78, 5) is 17.3. The maximum Gasteiger partial charge on any atom is 0.317 e. The molecule has 0 unspecified atom stereocenters. The van der Waals surface area contributed by atoms with Crippen LogP contribution in [0.5, 0.6) is 0 Å². The van der Waals surface area contributed by atoms with Crippen molar-refractivity contribution < 1.29 is 4.79 Å². The van der Waals surface area contributed by atoms with Crippen LogP contribution in [0.2, 0.25) is 0 Å². The van der Waals surface area contributed by atoms with E-state index >= 15 is 0 Å². The Morgan fingerprint density at radius 2 is 1.71 bits per heavy atom. The van der Waals surface area contributed by atoms with Gasteiger partial charge in [0.25, 0.3) is 0 Å². The van der Waals surface area contributed by atoms with Crippen molar-refractivity contribution in [1.29, 1.82) is 0 Å². The lowest BCUT2D eigenvalue weighted by atomic mass is 9.86. The molecule has 2 aliphatic heterocycles. The maximum atomic E-state index is 12.7. The molecule has 0 aromatic rings. The largest absolute Gasteiger partial charge is 0.335 e. The maximum absolute atomic E-state index is 12.7. The Balaban J connectivity index is 0.00000144. The molecule has 2 heterocycles. The van der Waals surface area contributed by atoms with Crippen molar-refractivity contribution in [3.63, 3.8) is 0 Å². The number of hydrogen-bond donors (Lipinski definition) is 2. The first-order valence-corrected chi connectivity index (χ1v) is 9.17. The lowest BCUT2D eigenvalue weighted by Crippen LogP contribution is -2.59. The number of piperidine rings is 1. The Hall–Kier alpha value is -0.230. The molecule has 3 fully saturated rings. The van der Waals surface area contributed by atoms with E-state index in [0.29, 0.717) is 6.04 Å². The second kappa shape index (κ2) is 10.0. The molecule has 0 atom stereocenters. The monoisotopic (exact) mass is 380 g/mol. The Morgan fingerprint density at radius 1 is 1.04 bits per heavy atom. The van der Waals surface area contributed by atoms with Crippen LogP contribution < -0.4 is 10.6 Å². The predicted octanol–water partition coefficient (Wildman–Crippen LogP) is 2.63. The minimum atomic E-state index is 0. The van der Waals surface area contributed by atoms with Gasteiger partial charge in [0.15, 0.2) is 0 Å². The predicted molar refractivity (Wildman–Crippen MR) is 104 cm³/mol. The highest BCUT2D eigenvalue weighted by Crippen LogP contribution is 2.29. The fraction of sp³-hybridized carbons (Fsp3) is 0.941. The van der Waals surface area contributed by atoms with Crippen molar-refractivity contribution in [2.24, 2.45) is 0 Å². The summed E-state index contributed by atoms with van der Waals surface area (Å²) in [7, 11) is 2.24. The standard InChI is InChI=1S/C17H32N4O.2ClH/c1-20-12-5-13-21(14-17(20)8-10-18-11-9-17)16(22)19-15-6-3-2-4-7-15;;/h15,18H,2-14H2,1H3,(H,19,22);2*1H. The van der Waals surface area contributed by atoms with Crippen molar-refractivity contribution in [3.8, 4) is 0 Å². The summed E-state index contributed by atoms with van der Waals surface area (Å²) >= 11 is 0. The van der Waals surface area contributed by atoms with Crippen LogP contribution in [0.3, 0.4) is 0 Å². The molecule has 2 saturated heterocycles. The number of nitrogens with zero attached hydrogens (tertiary/aromatic N) is 2. The number of hydrogen-bond acceptors (Lipinski definition) is 3. The molecule has 142 valence electrons. The fourth-order valence-electron chi connectivity index (χ4n) is 4.41. The Kier molecular flexibility index (Phi) is 9.13. The van der Waals surface area contributed by atoms with Gasteiger partial charge in [-0.3, -0.25) is 4.90 Å². The average Bonchev–Trinajstić information content (AvgIpc) is 2.70. The molecule has 0 aromatic carbocycles. The zero-order chi connectivity index (χ0) is 15.4.